The second-order valence-corrected chi connectivity index (χ2v) is 9.86. The van der Waals surface area contributed by atoms with Crippen LogP contribution in [0.3, 0.4) is 0 Å². The van der Waals surface area contributed by atoms with Crippen LogP contribution in [-0.4, -0.2) is 32.1 Å². The molecule has 0 saturated heterocycles. The van der Waals surface area contributed by atoms with E-state index in [1.54, 1.807) is 30.4 Å². The van der Waals surface area contributed by atoms with Gasteiger partial charge in [-0.15, -0.1) is 0 Å². The minimum atomic E-state index is -0.210. The van der Waals surface area contributed by atoms with Crippen LogP contribution in [0.2, 0.25) is 5.02 Å². The van der Waals surface area contributed by atoms with Crippen molar-refractivity contribution in [3.8, 4) is 11.3 Å². The summed E-state index contributed by atoms with van der Waals surface area (Å²) in [4.78, 5) is 24.8. The number of aromatic nitrogens is 4. The third kappa shape index (κ3) is 4.59. The molecule has 5 rings (SSSR count). The maximum absolute atomic E-state index is 14.1. The van der Waals surface area contributed by atoms with Gasteiger partial charge in [0.15, 0.2) is 5.13 Å². The van der Waals surface area contributed by atoms with Crippen molar-refractivity contribution < 1.29 is 9.32 Å². The predicted molar refractivity (Wildman–Crippen MR) is 139 cm³/mol. The quantitative estimate of drug-likeness (QED) is 0.253. The molecule has 0 radical (unpaired) electrons. The smallest absolute Gasteiger partial charge is 0.265 e. The van der Waals surface area contributed by atoms with Gasteiger partial charge < -0.3 is 9.09 Å². The highest BCUT2D eigenvalue weighted by atomic mass is 35.5. The Morgan fingerprint density at radius 3 is 2.80 bits per heavy atom. The van der Waals surface area contributed by atoms with Crippen LogP contribution in [-0.2, 0) is 6.54 Å². The van der Waals surface area contributed by atoms with E-state index in [-0.39, 0.29) is 5.91 Å². The van der Waals surface area contributed by atoms with Gasteiger partial charge in [0.2, 0.25) is 0 Å². The van der Waals surface area contributed by atoms with Gasteiger partial charge in [0, 0.05) is 31.0 Å². The number of halogens is 1. The van der Waals surface area contributed by atoms with Gasteiger partial charge in [0.05, 0.1) is 21.6 Å². The van der Waals surface area contributed by atoms with Crippen molar-refractivity contribution in [2.75, 3.05) is 11.4 Å². The molecule has 9 heteroatoms. The van der Waals surface area contributed by atoms with Gasteiger partial charge in [-0.2, -0.15) is 0 Å². The molecule has 0 aliphatic heterocycles. The highest BCUT2D eigenvalue weighted by Crippen LogP contribution is 2.36. The Bertz CT molecular complexity index is 1510. The van der Waals surface area contributed by atoms with E-state index in [9.17, 15) is 4.79 Å². The Labute approximate surface area is 212 Å². The Hall–Kier alpha value is -3.49. The SMILES string of the molecule is Cc1cc(C)c2sc(N(CCCn3ccnc3)C(=O)c3c(-c4ccccc4Cl)noc3C)nc2c1. The molecule has 0 atom stereocenters. The molecule has 0 aliphatic rings. The average molecular weight is 506 g/mol. The highest BCUT2D eigenvalue weighted by molar-refractivity contribution is 7.22. The van der Waals surface area contributed by atoms with Gasteiger partial charge in [0.1, 0.15) is 17.0 Å². The molecule has 0 spiro atoms. The molecule has 35 heavy (non-hydrogen) atoms. The number of hydrogen-bond acceptors (Lipinski definition) is 6. The van der Waals surface area contributed by atoms with E-state index < -0.39 is 0 Å². The van der Waals surface area contributed by atoms with E-state index in [1.807, 2.05) is 29.0 Å². The molecule has 5 aromatic rings. The van der Waals surface area contributed by atoms with Crippen LogP contribution in [0.1, 0.15) is 33.7 Å². The molecule has 178 valence electrons. The van der Waals surface area contributed by atoms with Crippen molar-refractivity contribution in [2.24, 2.45) is 0 Å². The summed E-state index contributed by atoms with van der Waals surface area (Å²) in [7, 11) is 0. The zero-order valence-corrected chi connectivity index (χ0v) is 21.2. The van der Waals surface area contributed by atoms with Gasteiger partial charge in [-0.25, -0.2) is 9.97 Å². The standard InChI is InChI=1S/C26H24ClN5O2S/c1-16-13-17(2)24-21(14-16)29-26(35-24)32(11-6-10-31-12-9-28-15-31)25(33)22-18(3)34-30-23(22)19-7-4-5-8-20(19)27/h4-5,7-9,12-15H,6,10-11H2,1-3H3. The molecule has 7 nitrogen and oxygen atoms in total. The molecule has 2 aromatic carbocycles. The molecular weight excluding hydrogens is 482 g/mol. The zero-order chi connectivity index (χ0) is 24.5. The first-order chi connectivity index (χ1) is 16.9. The number of aryl methyl sites for hydroxylation is 4. The number of anilines is 1. The van der Waals surface area contributed by atoms with Crippen molar-refractivity contribution in [3.05, 3.63) is 82.6 Å². The maximum Gasteiger partial charge on any atom is 0.265 e. The van der Waals surface area contributed by atoms with Crippen LogP contribution >= 0.6 is 22.9 Å². The number of nitrogens with zero attached hydrogens (tertiary/aromatic N) is 5. The van der Waals surface area contributed by atoms with E-state index in [4.69, 9.17) is 21.1 Å². The van der Waals surface area contributed by atoms with Crippen molar-refractivity contribution in [1.82, 2.24) is 19.7 Å². The molecule has 0 saturated carbocycles. The average Bonchev–Trinajstić information content (AvgIpc) is 3.57. The van der Waals surface area contributed by atoms with Crippen LogP contribution in [0.25, 0.3) is 21.5 Å². The van der Waals surface area contributed by atoms with Crippen molar-refractivity contribution in [2.45, 2.75) is 33.7 Å². The molecular formula is C26H24ClN5O2S. The first-order valence-electron chi connectivity index (χ1n) is 11.3. The summed E-state index contributed by atoms with van der Waals surface area (Å²) in [6.45, 7) is 7.07. The third-order valence-electron chi connectivity index (χ3n) is 5.85. The van der Waals surface area contributed by atoms with Crippen molar-refractivity contribution in [3.63, 3.8) is 0 Å². The summed E-state index contributed by atoms with van der Waals surface area (Å²) in [5.74, 6) is 0.232. The lowest BCUT2D eigenvalue weighted by atomic mass is 10.1. The molecule has 1 amide bonds. The lowest BCUT2D eigenvalue weighted by Gasteiger charge is -2.20. The fourth-order valence-corrected chi connectivity index (χ4v) is 5.46. The number of fused-ring (bicyclic) bond motifs is 1. The van der Waals surface area contributed by atoms with Crippen LogP contribution in [0.15, 0.2) is 59.6 Å². The minimum absolute atomic E-state index is 0.210. The van der Waals surface area contributed by atoms with E-state index in [1.165, 1.54) is 11.3 Å². The molecule has 3 aromatic heterocycles. The lowest BCUT2D eigenvalue weighted by molar-refractivity contribution is 0.0985. The van der Waals surface area contributed by atoms with E-state index >= 15 is 0 Å². The fraction of sp³-hybridized carbons (Fsp3) is 0.231. The number of imidazole rings is 1. The van der Waals surface area contributed by atoms with Gasteiger partial charge in [-0.3, -0.25) is 9.69 Å². The predicted octanol–water partition coefficient (Wildman–Crippen LogP) is 6.46. The molecule has 0 unspecified atom stereocenters. The second kappa shape index (κ2) is 9.64. The number of hydrogen-bond donors (Lipinski definition) is 0. The molecule has 0 aliphatic carbocycles. The van der Waals surface area contributed by atoms with Gasteiger partial charge in [-0.1, -0.05) is 52.4 Å². The summed E-state index contributed by atoms with van der Waals surface area (Å²) >= 11 is 7.96. The summed E-state index contributed by atoms with van der Waals surface area (Å²) in [6.07, 6.45) is 6.16. The Balaban J connectivity index is 1.56. The number of carbonyl (C=O) groups excluding carboxylic acids is 1. The summed E-state index contributed by atoms with van der Waals surface area (Å²) in [5.41, 5.74) is 4.67. The molecule has 0 bridgehead atoms. The largest absolute Gasteiger partial charge is 0.360 e. The second-order valence-electron chi connectivity index (χ2n) is 8.48. The Kier molecular flexibility index (Phi) is 6.40. The van der Waals surface area contributed by atoms with E-state index in [2.05, 4.69) is 36.1 Å². The highest BCUT2D eigenvalue weighted by Gasteiger charge is 2.29. The van der Waals surface area contributed by atoms with Gasteiger partial charge in [0.25, 0.3) is 5.91 Å². The van der Waals surface area contributed by atoms with Gasteiger partial charge in [-0.05, 0) is 50.5 Å². The Morgan fingerprint density at radius 2 is 2.03 bits per heavy atom. The summed E-state index contributed by atoms with van der Waals surface area (Å²) in [6, 6.07) is 11.5. The third-order valence-corrected chi connectivity index (χ3v) is 7.41. The number of benzene rings is 2. The number of rotatable bonds is 7. The maximum atomic E-state index is 14.1. The fourth-order valence-electron chi connectivity index (χ4n) is 4.19. The van der Waals surface area contributed by atoms with Crippen LogP contribution in [0.5, 0.6) is 0 Å². The zero-order valence-electron chi connectivity index (χ0n) is 19.7. The number of amides is 1. The topological polar surface area (TPSA) is 77.0 Å². The molecule has 0 fully saturated rings. The summed E-state index contributed by atoms with van der Waals surface area (Å²) < 4.78 is 8.55. The normalized spacial score (nSPS) is 11.3. The van der Waals surface area contributed by atoms with Crippen molar-refractivity contribution in [1.29, 1.82) is 0 Å². The van der Waals surface area contributed by atoms with Crippen LogP contribution in [0.4, 0.5) is 5.13 Å². The number of carbonyl (C=O) groups is 1. The minimum Gasteiger partial charge on any atom is -0.360 e. The summed E-state index contributed by atoms with van der Waals surface area (Å²) in [5, 5.41) is 5.35. The first-order valence-corrected chi connectivity index (χ1v) is 12.5. The first kappa shape index (κ1) is 23.3. The van der Waals surface area contributed by atoms with Gasteiger partial charge >= 0.3 is 0 Å². The lowest BCUT2D eigenvalue weighted by Crippen LogP contribution is -2.33. The molecule has 3 heterocycles. The Morgan fingerprint density at radius 1 is 1.20 bits per heavy atom. The number of thiazole rings is 1. The monoisotopic (exact) mass is 505 g/mol. The molecule has 0 N–H and O–H groups in total. The van der Waals surface area contributed by atoms with Crippen molar-refractivity contribution >= 4 is 44.2 Å². The van der Waals surface area contributed by atoms with Crippen LogP contribution < -0.4 is 4.90 Å². The van der Waals surface area contributed by atoms with E-state index in [0.29, 0.717) is 39.3 Å². The van der Waals surface area contributed by atoms with Crippen LogP contribution in [0, 0.1) is 20.8 Å². The van der Waals surface area contributed by atoms with E-state index in [0.717, 1.165) is 34.3 Å².